The van der Waals surface area contributed by atoms with Crippen molar-refractivity contribution < 1.29 is 9.53 Å². The summed E-state index contributed by atoms with van der Waals surface area (Å²) in [6.45, 7) is 5.48. The van der Waals surface area contributed by atoms with E-state index in [2.05, 4.69) is 56.4 Å². The van der Waals surface area contributed by atoms with Crippen LogP contribution in [0.2, 0.25) is 5.02 Å². The second-order valence-corrected chi connectivity index (χ2v) is 8.84. The van der Waals surface area contributed by atoms with Gasteiger partial charge in [-0.3, -0.25) is 0 Å². The smallest absolute Gasteiger partial charge is 0.132 e. The molecule has 0 radical (unpaired) electrons. The molecule has 36 heavy (non-hydrogen) atoms. The number of hydrogen-bond acceptors (Lipinski definition) is 3. The van der Waals surface area contributed by atoms with Crippen molar-refractivity contribution in [3.8, 4) is 11.3 Å². The molecule has 192 valence electrons. The molecule has 5 heteroatoms. The molecule has 4 nitrogen and oxygen atoms in total. The Morgan fingerprint density at radius 3 is 2.72 bits per heavy atom. The van der Waals surface area contributed by atoms with Crippen molar-refractivity contribution in [2.45, 2.75) is 52.4 Å². The minimum atomic E-state index is 0.561. The molecule has 2 aromatic rings. The SMILES string of the molecule is C/C=C(\C=C/C/C=C/c1nc(-c2ccccc2Cl)cn1C)C(=C/CCC)/C/C=C\COCCCC=O. The molecule has 0 aliphatic heterocycles. The van der Waals surface area contributed by atoms with E-state index in [0.717, 1.165) is 55.5 Å². The first-order chi connectivity index (χ1) is 17.6. The van der Waals surface area contributed by atoms with E-state index in [1.54, 1.807) is 0 Å². The fourth-order valence-corrected chi connectivity index (χ4v) is 3.84. The summed E-state index contributed by atoms with van der Waals surface area (Å²) in [5.74, 6) is 0.895. The van der Waals surface area contributed by atoms with Gasteiger partial charge in [0.2, 0.25) is 0 Å². The van der Waals surface area contributed by atoms with E-state index in [1.165, 1.54) is 11.1 Å². The van der Waals surface area contributed by atoms with E-state index >= 15 is 0 Å². The third-order valence-electron chi connectivity index (χ3n) is 5.59. The molecule has 0 saturated carbocycles. The van der Waals surface area contributed by atoms with E-state index < -0.39 is 0 Å². The summed E-state index contributed by atoms with van der Waals surface area (Å²) in [5, 5.41) is 0.705. The first-order valence-electron chi connectivity index (χ1n) is 12.7. The van der Waals surface area contributed by atoms with Gasteiger partial charge in [-0.05, 0) is 55.9 Å². The monoisotopic (exact) mass is 506 g/mol. The number of carbonyl (C=O) groups is 1. The minimum Gasteiger partial charge on any atom is -0.377 e. The van der Waals surface area contributed by atoms with Crippen LogP contribution in [0.5, 0.6) is 0 Å². The number of aromatic nitrogens is 2. The van der Waals surface area contributed by atoms with Crippen molar-refractivity contribution in [3.63, 3.8) is 0 Å². The average molecular weight is 507 g/mol. The average Bonchev–Trinajstić information content (AvgIpc) is 3.25. The standard InChI is InChI=1S/C31H39ClN2O2/c1-4-6-16-27(18-12-14-23-36-24-15-13-22-35)26(5-2)17-8-7-9-21-31-33-30(25-34(31)3)28-19-10-11-20-29(28)32/h5,8-12,14,16-17,19-22,25H,4,6-7,13,15,18,23-24H2,1-3H3/b14-12-,17-8-,21-9+,26-5+,27-16+. The van der Waals surface area contributed by atoms with E-state index in [-0.39, 0.29) is 0 Å². The molecular formula is C31H39ClN2O2. The number of unbranched alkanes of at least 4 members (excludes halogenated alkanes) is 2. The van der Waals surface area contributed by atoms with Crippen LogP contribution >= 0.6 is 11.6 Å². The third kappa shape index (κ3) is 10.3. The quantitative estimate of drug-likeness (QED) is 0.0994. The Bertz CT molecular complexity index is 1090. The van der Waals surface area contributed by atoms with Gasteiger partial charge in [-0.15, -0.1) is 0 Å². The highest BCUT2D eigenvalue weighted by Crippen LogP contribution is 2.26. The number of nitrogens with zero attached hydrogens (tertiary/aromatic N) is 2. The third-order valence-corrected chi connectivity index (χ3v) is 5.92. The summed E-state index contributed by atoms with van der Waals surface area (Å²) in [6, 6.07) is 7.77. The Labute approximate surface area is 221 Å². The molecule has 0 spiro atoms. The first-order valence-corrected chi connectivity index (χ1v) is 13.1. The molecule has 0 saturated heterocycles. The summed E-state index contributed by atoms with van der Waals surface area (Å²) in [6.07, 6.45) is 25.4. The molecule has 0 atom stereocenters. The Kier molecular flexibility index (Phi) is 14.2. The number of hydrogen-bond donors (Lipinski definition) is 0. The fraction of sp³-hybridized carbons (Fsp3) is 0.355. The molecule has 0 fully saturated rings. The van der Waals surface area contributed by atoms with Crippen LogP contribution in [0.15, 0.2) is 84.1 Å². The summed E-state index contributed by atoms with van der Waals surface area (Å²) >= 11 is 6.33. The predicted octanol–water partition coefficient (Wildman–Crippen LogP) is 8.31. The van der Waals surface area contributed by atoms with E-state index in [0.29, 0.717) is 24.7 Å². The molecule has 0 N–H and O–H groups in total. The Morgan fingerprint density at radius 1 is 1.14 bits per heavy atom. The van der Waals surface area contributed by atoms with Crippen LogP contribution in [0.4, 0.5) is 0 Å². The number of aryl methyl sites for hydroxylation is 1. The van der Waals surface area contributed by atoms with Crippen molar-refractivity contribution in [3.05, 3.63) is 95.0 Å². The van der Waals surface area contributed by atoms with E-state index in [4.69, 9.17) is 21.3 Å². The lowest BCUT2D eigenvalue weighted by Crippen LogP contribution is -1.94. The Balaban J connectivity index is 1.93. The molecule has 0 aliphatic carbocycles. The normalized spacial score (nSPS) is 13.0. The predicted molar refractivity (Wildman–Crippen MR) is 153 cm³/mol. The van der Waals surface area contributed by atoms with Gasteiger partial charge in [0.25, 0.3) is 0 Å². The zero-order chi connectivity index (χ0) is 26.0. The lowest BCUT2D eigenvalue weighted by Gasteiger charge is -2.07. The summed E-state index contributed by atoms with van der Waals surface area (Å²) < 4.78 is 7.55. The van der Waals surface area contributed by atoms with Crippen molar-refractivity contribution in [1.82, 2.24) is 9.55 Å². The van der Waals surface area contributed by atoms with Gasteiger partial charge in [-0.2, -0.15) is 0 Å². The van der Waals surface area contributed by atoms with Crippen molar-refractivity contribution >= 4 is 24.0 Å². The van der Waals surface area contributed by atoms with Crippen LogP contribution in [0, 0.1) is 0 Å². The summed E-state index contributed by atoms with van der Waals surface area (Å²) in [4.78, 5) is 15.1. The molecule has 0 amide bonds. The van der Waals surface area contributed by atoms with Gasteiger partial charge in [0.05, 0.1) is 17.3 Å². The highest BCUT2D eigenvalue weighted by molar-refractivity contribution is 6.33. The molecule has 1 aromatic carbocycles. The highest BCUT2D eigenvalue weighted by Gasteiger charge is 2.08. The Morgan fingerprint density at radius 2 is 1.97 bits per heavy atom. The summed E-state index contributed by atoms with van der Waals surface area (Å²) in [5.41, 5.74) is 4.38. The lowest BCUT2D eigenvalue weighted by molar-refractivity contribution is -0.108. The number of rotatable bonds is 16. The lowest BCUT2D eigenvalue weighted by atomic mass is 9.99. The van der Waals surface area contributed by atoms with Crippen LogP contribution in [0.3, 0.4) is 0 Å². The van der Waals surface area contributed by atoms with Crippen LogP contribution in [0.25, 0.3) is 17.3 Å². The van der Waals surface area contributed by atoms with E-state index in [1.807, 2.05) is 48.2 Å². The molecule has 2 rings (SSSR count). The van der Waals surface area contributed by atoms with Crippen molar-refractivity contribution in [1.29, 1.82) is 0 Å². The van der Waals surface area contributed by atoms with Crippen molar-refractivity contribution in [2.75, 3.05) is 13.2 Å². The van der Waals surface area contributed by atoms with Gasteiger partial charge >= 0.3 is 0 Å². The first kappa shape index (κ1) is 29.3. The zero-order valence-electron chi connectivity index (χ0n) is 21.8. The number of imidazole rings is 1. The molecular weight excluding hydrogens is 468 g/mol. The van der Waals surface area contributed by atoms with Gasteiger partial charge in [-0.1, -0.05) is 85.7 Å². The van der Waals surface area contributed by atoms with Gasteiger partial charge in [0.15, 0.2) is 0 Å². The topological polar surface area (TPSA) is 44.1 Å². The second kappa shape index (κ2) is 17.5. The van der Waals surface area contributed by atoms with Crippen LogP contribution in [-0.4, -0.2) is 29.1 Å². The number of aldehydes is 1. The maximum Gasteiger partial charge on any atom is 0.132 e. The number of ether oxygens (including phenoxy) is 1. The zero-order valence-corrected chi connectivity index (χ0v) is 22.6. The summed E-state index contributed by atoms with van der Waals surface area (Å²) in [7, 11) is 2.00. The molecule has 0 aliphatic rings. The second-order valence-electron chi connectivity index (χ2n) is 8.44. The number of benzene rings is 1. The van der Waals surface area contributed by atoms with Gasteiger partial charge in [0.1, 0.15) is 12.1 Å². The fourth-order valence-electron chi connectivity index (χ4n) is 3.61. The molecule has 0 bridgehead atoms. The Hall–Kier alpha value is -2.95. The highest BCUT2D eigenvalue weighted by atomic mass is 35.5. The van der Waals surface area contributed by atoms with Crippen LogP contribution in [0.1, 0.15) is 58.2 Å². The molecule has 1 heterocycles. The van der Waals surface area contributed by atoms with E-state index in [9.17, 15) is 4.79 Å². The number of allylic oxidation sites excluding steroid dienone is 8. The molecule has 1 aromatic heterocycles. The number of halogens is 1. The minimum absolute atomic E-state index is 0.561. The number of carbonyl (C=O) groups excluding carboxylic acids is 1. The molecule has 0 unspecified atom stereocenters. The van der Waals surface area contributed by atoms with Gasteiger partial charge in [0, 0.05) is 31.8 Å². The van der Waals surface area contributed by atoms with Crippen LogP contribution < -0.4 is 0 Å². The van der Waals surface area contributed by atoms with Crippen LogP contribution in [-0.2, 0) is 16.6 Å². The van der Waals surface area contributed by atoms with Gasteiger partial charge < -0.3 is 14.1 Å². The van der Waals surface area contributed by atoms with Gasteiger partial charge in [-0.25, -0.2) is 4.98 Å². The largest absolute Gasteiger partial charge is 0.377 e. The maximum atomic E-state index is 10.3. The maximum absolute atomic E-state index is 10.3. The van der Waals surface area contributed by atoms with Crippen molar-refractivity contribution in [2.24, 2.45) is 7.05 Å².